The van der Waals surface area contributed by atoms with Crippen LogP contribution in [0.3, 0.4) is 0 Å². The van der Waals surface area contributed by atoms with Gasteiger partial charge in [0.05, 0.1) is 28.5 Å². The van der Waals surface area contributed by atoms with Gasteiger partial charge in [0, 0.05) is 22.0 Å². The van der Waals surface area contributed by atoms with Gasteiger partial charge in [0.15, 0.2) is 0 Å². The van der Waals surface area contributed by atoms with Crippen molar-refractivity contribution < 1.29 is 4.79 Å². The Morgan fingerprint density at radius 1 is 0.914 bits per heavy atom. The van der Waals surface area contributed by atoms with E-state index in [1.807, 2.05) is 48.0 Å². The molecule has 3 nitrogen and oxygen atoms in total. The average Bonchev–Trinajstić information content (AvgIpc) is 3.12. The lowest BCUT2D eigenvalue weighted by molar-refractivity contribution is -0.123. The Morgan fingerprint density at radius 3 is 2.17 bits per heavy atom. The summed E-state index contributed by atoms with van der Waals surface area (Å²) in [6.07, 6.45) is 7.85. The highest BCUT2D eigenvalue weighted by atomic mass is 35.5. The number of rotatable bonds is 6. The van der Waals surface area contributed by atoms with Crippen molar-refractivity contribution in [2.45, 2.75) is 51.9 Å². The molecule has 0 amide bonds. The Morgan fingerprint density at radius 2 is 1.54 bits per heavy atom. The fourth-order valence-electron chi connectivity index (χ4n) is 7.38. The van der Waals surface area contributed by atoms with E-state index in [0.29, 0.717) is 39.6 Å². The van der Waals surface area contributed by atoms with Crippen LogP contribution >= 0.6 is 34.8 Å². The molecule has 0 radical (unpaired) electrons. The van der Waals surface area contributed by atoms with Crippen molar-refractivity contribution in [3.05, 3.63) is 68.8 Å². The normalized spacial score (nSPS) is 26.9. The van der Waals surface area contributed by atoms with Crippen molar-refractivity contribution >= 4 is 40.6 Å². The van der Waals surface area contributed by atoms with Gasteiger partial charge < -0.3 is 0 Å². The van der Waals surface area contributed by atoms with Gasteiger partial charge in [-0.15, -0.1) is 0 Å². The summed E-state index contributed by atoms with van der Waals surface area (Å²) in [4.78, 5) is 13.4. The molecule has 3 aromatic rings. The van der Waals surface area contributed by atoms with Gasteiger partial charge in [0.2, 0.25) is 0 Å². The van der Waals surface area contributed by atoms with Gasteiger partial charge in [0.25, 0.3) is 0 Å². The van der Waals surface area contributed by atoms with E-state index in [0.717, 1.165) is 51.9 Å². The molecule has 1 aromatic heterocycles. The maximum atomic E-state index is 13.4. The second-order valence-corrected chi connectivity index (χ2v) is 12.2. The lowest BCUT2D eigenvalue weighted by atomic mass is 9.51. The van der Waals surface area contributed by atoms with Gasteiger partial charge in [-0.05, 0) is 105 Å². The van der Waals surface area contributed by atoms with Crippen molar-refractivity contribution in [2.75, 3.05) is 0 Å². The Bertz CT molecular complexity index is 1250. The molecular weight excluding hydrogens is 499 g/mol. The van der Waals surface area contributed by atoms with Gasteiger partial charge in [-0.3, -0.25) is 4.79 Å². The lowest BCUT2D eigenvalue weighted by Crippen LogP contribution is -2.45. The number of aromatic nitrogens is 2. The fourth-order valence-corrected chi connectivity index (χ4v) is 7.99. The van der Waals surface area contributed by atoms with Gasteiger partial charge in [0.1, 0.15) is 5.78 Å². The highest BCUT2D eigenvalue weighted by Gasteiger charge is 2.48. The average molecular weight is 528 g/mol. The molecule has 2 aromatic carbocycles. The number of ketones is 1. The van der Waals surface area contributed by atoms with Gasteiger partial charge in [-0.1, -0.05) is 46.9 Å². The molecule has 0 aliphatic heterocycles. The molecule has 4 fully saturated rings. The molecule has 4 bridgehead atoms. The number of hydrogen-bond acceptors (Lipinski definition) is 2. The SMILES string of the molecule is Cc1c(CC(=O)CC2C3CC4CC(C3)CC2C4)nn(-c2ccc(Cl)cc2Cl)c1-c1ccc(Cl)cc1. The molecular formula is C29H29Cl3N2O. The first-order chi connectivity index (χ1) is 16.9. The number of benzene rings is 2. The van der Waals surface area contributed by atoms with Crippen LogP contribution in [0.4, 0.5) is 0 Å². The number of carbonyl (C=O) groups excluding carboxylic acids is 1. The second-order valence-electron chi connectivity index (χ2n) is 10.9. The number of hydrogen-bond donors (Lipinski definition) is 0. The Hall–Kier alpha value is -1.81. The summed E-state index contributed by atoms with van der Waals surface area (Å²) in [5, 5.41) is 6.69. The molecule has 0 N–H and O–H groups in total. The Balaban J connectivity index is 1.31. The molecule has 4 saturated carbocycles. The largest absolute Gasteiger partial charge is 0.299 e. The van der Waals surface area contributed by atoms with Crippen LogP contribution < -0.4 is 0 Å². The van der Waals surface area contributed by atoms with Gasteiger partial charge in [-0.25, -0.2) is 4.68 Å². The fraction of sp³-hybridized carbons (Fsp3) is 0.448. The number of halogens is 3. The summed E-state index contributed by atoms with van der Waals surface area (Å²) in [6, 6.07) is 13.1. The number of carbonyl (C=O) groups is 1. The van der Waals surface area contributed by atoms with Crippen LogP contribution in [0.5, 0.6) is 0 Å². The summed E-state index contributed by atoms with van der Waals surface area (Å²) in [7, 11) is 0. The van der Waals surface area contributed by atoms with E-state index in [2.05, 4.69) is 0 Å². The topological polar surface area (TPSA) is 34.9 Å². The summed E-state index contributed by atoms with van der Waals surface area (Å²) in [5.41, 5.74) is 4.45. The summed E-state index contributed by atoms with van der Waals surface area (Å²) in [6.45, 7) is 2.04. The molecule has 7 rings (SSSR count). The van der Waals surface area contributed by atoms with E-state index < -0.39 is 0 Å². The number of nitrogens with zero attached hydrogens (tertiary/aromatic N) is 2. The van der Waals surface area contributed by atoms with E-state index >= 15 is 0 Å². The van der Waals surface area contributed by atoms with Crippen molar-refractivity contribution in [1.82, 2.24) is 9.78 Å². The van der Waals surface area contributed by atoms with Crippen LogP contribution in [0.2, 0.25) is 15.1 Å². The summed E-state index contributed by atoms with van der Waals surface area (Å²) in [5.74, 6) is 4.23. The third-order valence-corrected chi connectivity index (χ3v) is 9.52. The third-order valence-electron chi connectivity index (χ3n) is 8.73. The Labute approximate surface area is 221 Å². The van der Waals surface area contributed by atoms with Gasteiger partial charge in [-0.2, -0.15) is 5.10 Å². The molecule has 1 heterocycles. The van der Waals surface area contributed by atoms with Crippen LogP contribution in [-0.2, 0) is 11.2 Å². The second kappa shape index (κ2) is 9.25. The molecule has 4 aliphatic carbocycles. The van der Waals surface area contributed by atoms with Crippen molar-refractivity contribution in [3.63, 3.8) is 0 Å². The van der Waals surface area contributed by atoms with E-state index in [4.69, 9.17) is 39.9 Å². The Kier molecular flexibility index (Phi) is 6.23. The van der Waals surface area contributed by atoms with Crippen LogP contribution in [-0.4, -0.2) is 15.6 Å². The van der Waals surface area contributed by atoms with Crippen LogP contribution in [0.1, 0.15) is 49.8 Å². The van der Waals surface area contributed by atoms with E-state index in [1.54, 1.807) is 6.07 Å². The highest BCUT2D eigenvalue weighted by Crippen LogP contribution is 2.57. The number of Topliss-reactive ketones (excluding diaryl/α,β-unsaturated/α-hetero) is 1. The van der Waals surface area contributed by atoms with Gasteiger partial charge >= 0.3 is 0 Å². The van der Waals surface area contributed by atoms with Crippen molar-refractivity contribution in [1.29, 1.82) is 0 Å². The predicted molar refractivity (Wildman–Crippen MR) is 143 cm³/mol. The predicted octanol–water partition coefficient (Wildman–Crippen LogP) is 8.38. The first-order valence-electron chi connectivity index (χ1n) is 12.7. The quantitative estimate of drug-likeness (QED) is 0.323. The monoisotopic (exact) mass is 526 g/mol. The molecule has 182 valence electrons. The maximum Gasteiger partial charge on any atom is 0.139 e. The van der Waals surface area contributed by atoms with E-state index in [9.17, 15) is 4.79 Å². The molecule has 0 atom stereocenters. The van der Waals surface area contributed by atoms with Crippen molar-refractivity contribution in [2.24, 2.45) is 29.6 Å². The molecule has 35 heavy (non-hydrogen) atoms. The first kappa shape index (κ1) is 23.6. The van der Waals surface area contributed by atoms with Crippen molar-refractivity contribution in [3.8, 4) is 16.9 Å². The first-order valence-corrected chi connectivity index (χ1v) is 13.8. The van der Waals surface area contributed by atoms with Crippen LogP contribution in [0, 0.1) is 36.5 Å². The summed E-state index contributed by atoms with van der Waals surface area (Å²) < 4.78 is 1.85. The highest BCUT2D eigenvalue weighted by molar-refractivity contribution is 6.35. The molecule has 0 saturated heterocycles. The zero-order valence-corrected chi connectivity index (χ0v) is 22.1. The minimum absolute atomic E-state index is 0.306. The zero-order valence-electron chi connectivity index (χ0n) is 19.8. The van der Waals surface area contributed by atoms with Crippen LogP contribution in [0.25, 0.3) is 16.9 Å². The lowest BCUT2D eigenvalue weighted by Gasteiger charge is -2.54. The molecule has 0 spiro atoms. The third kappa shape index (κ3) is 4.45. The minimum atomic E-state index is 0.306. The van der Waals surface area contributed by atoms with E-state index in [1.165, 1.54) is 32.1 Å². The minimum Gasteiger partial charge on any atom is -0.299 e. The zero-order chi connectivity index (χ0) is 24.3. The summed E-state index contributed by atoms with van der Waals surface area (Å²) >= 11 is 18.9. The standard InChI is InChI=1S/C29H29Cl3N2O/c1-16-27(15-24(35)14-25-20-9-17-8-18(11-20)12-21(25)10-17)33-34(28-7-6-23(31)13-26(28)32)29(16)19-2-4-22(30)5-3-19/h2-7,13,17-18,20-21,25H,8-12,14-15H2,1H3. The molecule has 6 heteroatoms. The van der Waals surface area contributed by atoms with E-state index in [-0.39, 0.29) is 0 Å². The molecule has 0 unspecified atom stereocenters. The molecule has 4 aliphatic rings. The van der Waals surface area contributed by atoms with Crippen LogP contribution in [0.15, 0.2) is 42.5 Å². The maximum absolute atomic E-state index is 13.4. The smallest absolute Gasteiger partial charge is 0.139 e.